The Morgan fingerprint density at radius 3 is 2.38 bits per heavy atom. The lowest BCUT2D eigenvalue weighted by molar-refractivity contribution is -0.122. The van der Waals surface area contributed by atoms with E-state index >= 15 is 0 Å². The molecule has 0 aliphatic carbocycles. The Labute approximate surface area is 127 Å². The van der Waals surface area contributed by atoms with Crippen molar-refractivity contribution in [3.63, 3.8) is 0 Å². The Balaban J connectivity index is 2.39. The Morgan fingerprint density at radius 2 is 1.86 bits per heavy atom. The van der Waals surface area contributed by atoms with Crippen LogP contribution in [0.5, 0.6) is 5.75 Å². The monoisotopic (exact) mass is 293 g/mol. The van der Waals surface area contributed by atoms with Gasteiger partial charge in [0.2, 0.25) is 5.91 Å². The number of ether oxygens (including phenoxy) is 1. The maximum absolute atomic E-state index is 11.9. The van der Waals surface area contributed by atoms with Gasteiger partial charge in [0.25, 0.3) is 0 Å². The first-order valence-electron chi connectivity index (χ1n) is 7.53. The van der Waals surface area contributed by atoms with E-state index in [1.165, 1.54) is 0 Å². The van der Waals surface area contributed by atoms with Crippen LogP contribution in [0.25, 0.3) is 0 Å². The Kier molecular flexibility index (Phi) is 7.23. The number of benzene rings is 1. The van der Waals surface area contributed by atoms with Crippen LogP contribution in [0.2, 0.25) is 0 Å². The van der Waals surface area contributed by atoms with Gasteiger partial charge < -0.3 is 15.2 Å². The molecule has 0 aliphatic heterocycles. The highest BCUT2D eigenvalue weighted by atomic mass is 16.5. The van der Waals surface area contributed by atoms with E-state index in [4.69, 9.17) is 9.84 Å². The number of carbonyl (C=O) groups excluding carboxylic acids is 1. The van der Waals surface area contributed by atoms with Gasteiger partial charge in [-0.25, -0.2) is 0 Å². The Morgan fingerprint density at radius 1 is 1.24 bits per heavy atom. The van der Waals surface area contributed by atoms with Gasteiger partial charge in [-0.2, -0.15) is 0 Å². The largest absolute Gasteiger partial charge is 0.493 e. The number of amides is 1. The van der Waals surface area contributed by atoms with Gasteiger partial charge in [0.1, 0.15) is 5.75 Å². The SMILES string of the molecule is Cc1cc(C)cc(OCCC(=O)NC(CCO)C(C)C)c1. The minimum Gasteiger partial charge on any atom is -0.493 e. The molecule has 0 spiro atoms. The number of rotatable bonds is 8. The van der Waals surface area contributed by atoms with E-state index in [0.717, 1.165) is 16.9 Å². The van der Waals surface area contributed by atoms with E-state index in [-0.39, 0.29) is 18.6 Å². The van der Waals surface area contributed by atoms with Crippen LogP contribution in [0.15, 0.2) is 18.2 Å². The summed E-state index contributed by atoms with van der Waals surface area (Å²) in [5.74, 6) is 1.07. The molecule has 0 saturated heterocycles. The van der Waals surface area contributed by atoms with Crippen molar-refractivity contribution in [3.05, 3.63) is 29.3 Å². The summed E-state index contributed by atoms with van der Waals surface area (Å²) in [5.41, 5.74) is 2.30. The molecule has 21 heavy (non-hydrogen) atoms. The summed E-state index contributed by atoms with van der Waals surface area (Å²) < 4.78 is 5.63. The molecule has 118 valence electrons. The summed E-state index contributed by atoms with van der Waals surface area (Å²) in [5, 5.41) is 11.9. The predicted octanol–water partition coefficient (Wildman–Crippen LogP) is 2.60. The molecule has 0 bridgehead atoms. The van der Waals surface area contributed by atoms with Crippen molar-refractivity contribution in [2.75, 3.05) is 13.2 Å². The van der Waals surface area contributed by atoms with Crippen LogP contribution in [-0.4, -0.2) is 30.3 Å². The number of aliphatic hydroxyl groups is 1. The van der Waals surface area contributed by atoms with E-state index < -0.39 is 0 Å². The number of aryl methyl sites for hydroxylation is 2. The zero-order valence-electron chi connectivity index (χ0n) is 13.5. The van der Waals surface area contributed by atoms with Crippen molar-refractivity contribution < 1.29 is 14.6 Å². The fourth-order valence-corrected chi connectivity index (χ4v) is 2.27. The maximum atomic E-state index is 11.9. The first kappa shape index (κ1) is 17.5. The summed E-state index contributed by atoms with van der Waals surface area (Å²) in [6.45, 7) is 8.56. The molecule has 0 fully saturated rings. The van der Waals surface area contributed by atoms with E-state index in [1.54, 1.807) is 0 Å². The number of hydrogen-bond acceptors (Lipinski definition) is 3. The van der Waals surface area contributed by atoms with Crippen molar-refractivity contribution in [2.45, 2.75) is 46.6 Å². The molecular weight excluding hydrogens is 266 g/mol. The molecule has 1 aromatic carbocycles. The molecule has 0 aromatic heterocycles. The first-order chi connectivity index (χ1) is 9.92. The molecule has 2 N–H and O–H groups in total. The summed E-state index contributed by atoms with van der Waals surface area (Å²) in [6, 6.07) is 6.03. The van der Waals surface area contributed by atoms with Crippen LogP contribution in [0.4, 0.5) is 0 Å². The van der Waals surface area contributed by atoms with Gasteiger partial charge in [0, 0.05) is 12.6 Å². The maximum Gasteiger partial charge on any atom is 0.223 e. The zero-order chi connectivity index (χ0) is 15.8. The van der Waals surface area contributed by atoms with Crippen molar-refractivity contribution in [1.29, 1.82) is 0 Å². The van der Waals surface area contributed by atoms with E-state index in [0.29, 0.717) is 25.4 Å². The lowest BCUT2D eigenvalue weighted by Crippen LogP contribution is -2.39. The van der Waals surface area contributed by atoms with Crippen LogP contribution in [0.1, 0.15) is 37.8 Å². The Bertz CT molecular complexity index is 437. The fourth-order valence-electron chi connectivity index (χ4n) is 2.27. The molecule has 0 radical (unpaired) electrons. The van der Waals surface area contributed by atoms with Crippen LogP contribution in [-0.2, 0) is 4.79 Å². The van der Waals surface area contributed by atoms with Crippen molar-refractivity contribution in [1.82, 2.24) is 5.32 Å². The Hall–Kier alpha value is -1.55. The molecule has 0 saturated carbocycles. The van der Waals surface area contributed by atoms with Gasteiger partial charge in [-0.05, 0) is 49.4 Å². The molecular formula is C17H27NO3. The zero-order valence-corrected chi connectivity index (χ0v) is 13.5. The highest BCUT2D eigenvalue weighted by molar-refractivity contribution is 5.76. The standard InChI is InChI=1S/C17H27NO3/c1-12(2)16(5-7-19)18-17(20)6-8-21-15-10-13(3)9-14(4)11-15/h9-12,16,19H,5-8H2,1-4H3,(H,18,20). The molecule has 1 rings (SSSR count). The second-order valence-corrected chi connectivity index (χ2v) is 5.85. The number of aliphatic hydroxyl groups excluding tert-OH is 1. The molecule has 1 aromatic rings. The summed E-state index contributed by atoms with van der Waals surface area (Å²) in [6.07, 6.45) is 0.906. The molecule has 0 heterocycles. The van der Waals surface area contributed by atoms with Gasteiger partial charge in [0.05, 0.1) is 13.0 Å². The number of hydrogen-bond donors (Lipinski definition) is 2. The summed E-state index contributed by atoms with van der Waals surface area (Å²) >= 11 is 0. The minimum absolute atomic E-state index is 0.0173. The van der Waals surface area contributed by atoms with Crippen LogP contribution >= 0.6 is 0 Å². The van der Waals surface area contributed by atoms with Crippen LogP contribution in [0, 0.1) is 19.8 Å². The topological polar surface area (TPSA) is 58.6 Å². The minimum atomic E-state index is -0.0356. The lowest BCUT2D eigenvalue weighted by Gasteiger charge is -2.21. The van der Waals surface area contributed by atoms with Gasteiger partial charge in [-0.1, -0.05) is 19.9 Å². The first-order valence-corrected chi connectivity index (χ1v) is 7.53. The van der Waals surface area contributed by atoms with E-state index in [9.17, 15) is 4.79 Å². The third-order valence-corrected chi connectivity index (χ3v) is 3.38. The average Bonchev–Trinajstić information content (AvgIpc) is 2.36. The molecule has 4 nitrogen and oxygen atoms in total. The van der Waals surface area contributed by atoms with Crippen LogP contribution in [0.3, 0.4) is 0 Å². The second kappa shape index (κ2) is 8.67. The molecule has 1 unspecified atom stereocenters. The quantitative estimate of drug-likeness (QED) is 0.774. The van der Waals surface area contributed by atoms with Gasteiger partial charge in [0.15, 0.2) is 0 Å². The molecule has 1 amide bonds. The van der Waals surface area contributed by atoms with Gasteiger partial charge >= 0.3 is 0 Å². The van der Waals surface area contributed by atoms with Crippen molar-refractivity contribution in [2.24, 2.45) is 5.92 Å². The molecule has 1 atom stereocenters. The van der Waals surface area contributed by atoms with Gasteiger partial charge in [-0.3, -0.25) is 4.79 Å². The third kappa shape index (κ3) is 6.63. The van der Waals surface area contributed by atoms with Crippen LogP contribution < -0.4 is 10.1 Å². The lowest BCUT2D eigenvalue weighted by atomic mass is 10.0. The van der Waals surface area contributed by atoms with Gasteiger partial charge in [-0.15, -0.1) is 0 Å². The van der Waals surface area contributed by atoms with Crippen molar-refractivity contribution >= 4 is 5.91 Å². The normalized spacial score (nSPS) is 12.3. The summed E-state index contributed by atoms with van der Waals surface area (Å²) in [4.78, 5) is 11.9. The third-order valence-electron chi connectivity index (χ3n) is 3.38. The fraction of sp³-hybridized carbons (Fsp3) is 0.588. The number of nitrogens with one attached hydrogen (secondary N) is 1. The second-order valence-electron chi connectivity index (χ2n) is 5.85. The highest BCUT2D eigenvalue weighted by Gasteiger charge is 2.15. The smallest absolute Gasteiger partial charge is 0.223 e. The molecule has 0 aliphatic rings. The predicted molar refractivity (Wildman–Crippen MR) is 84.5 cm³/mol. The van der Waals surface area contributed by atoms with Crippen molar-refractivity contribution in [3.8, 4) is 5.75 Å². The average molecular weight is 293 g/mol. The molecule has 4 heteroatoms. The van der Waals surface area contributed by atoms with E-state index in [1.807, 2.05) is 39.8 Å². The summed E-state index contributed by atoms with van der Waals surface area (Å²) in [7, 11) is 0. The van der Waals surface area contributed by atoms with E-state index in [2.05, 4.69) is 11.4 Å². The highest BCUT2D eigenvalue weighted by Crippen LogP contribution is 2.16. The number of carbonyl (C=O) groups is 1.